The molecule has 0 saturated heterocycles. The summed E-state index contributed by atoms with van der Waals surface area (Å²) in [6.07, 6.45) is 0. The first-order valence-corrected chi connectivity index (χ1v) is 7.22. The smallest absolute Gasteiger partial charge is 0.323 e. The van der Waals surface area contributed by atoms with Gasteiger partial charge in [-0.1, -0.05) is 22.8 Å². The van der Waals surface area contributed by atoms with Gasteiger partial charge in [0.05, 0.1) is 0 Å². The third kappa shape index (κ3) is 3.87. The van der Waals surface area contributed by atoms with E-state index < -0.39 is 0 Å². The molecule has 0 spiro atoms. The highest BCUT2D eigenvalue weighted by atomic mass is 35.5. The number of rotatable bonds is 3. The van der Waals surface area contributed by atoms with Crippen molar-refractivity contribution >= 4 is 29.0 Å². The molecule has 0 bridgehead atoms. The first-order valence-electron chi connectivity index (χ1n) is 6.84. The van der Waals surface area contributed by atoms with Gasteiger partial charge >= 0.3 is 6.03 Å². The summed E-state index contributed by atoms with van der Waals surface area (Å²) in [6, 6.07) is 13.7. The summed E-state index contributed by atoms with van der Waals surface area (Å²) in [5, 5.41) is 9.83. The van der Waals surface area contributed by atoms with Crippen molar-refractivity contribution in [3.05, 3.63) is 59.4 Å². The lowest BCUT2D eigenvalue weighted by Gasteiger charge is -2.08. The lowest BCUT2D eigenvalue weighted by molar-refractivity contribution is 0.262. The van der Waals surface area contributed by atoms with Crippen molar-refractivity contribution in [2.45, 2.75) is 6.92 Å². The summed E-state index contributed by atoms with van der Waals surface area (Å²) in [6.45, 7) is 1.74. The van der Waals surface area contributed by atoms with Gasteiger partial charge in [0.1, 0.15) is 0 Å². The fraction of sp³-hybridized carbons (Fsp3) is 0.0625. The lowest BCUT2D eigenvalue weighted by atomic mass is 10.2. The Labute approximate surface area is 137 Å². The maximum Gasteiger partial charge on any atom is 0.323 e. The van der Waals surface area contributed by atoms with Crippen molar-refractivity contribution in [3.63, 3.8) is 0 Å². The number of aryl methyl sites for hydroxylation is 1. The molecule has 1 aromatic heterocycles. The molecule has 2 amide bonds. The minimum absolute atomic E-state index is 0.355. The fourth-order valence-electron chi connectivity index (χ4n) is 1.97. The molecule has 23 heavy (non-hydrogen) atoms. The molecule has 116 valence electrons. The standard InChI is InChI=1S/C16H13ClN4O2/c1-10-18-15(23-21-10)11-3-2-4-14(9-11)20-16(22)19-13-7-5-12(17)6-8-13/h2-9H,1H3,(H2,19,20,22). The number of benzene rings is 2. The van der Waals surface area contributed by atoms with Gasteiger partial charge in [0.2, 0.25) is 0 Å². The van der Waals surface area contributed by atoms with Crippen molar-refractivity contribution in [1.82, 2.24) is 10.1 Å². The first kappa shape index (κ1) is 15.1. The van der Waals surface area contributed by atoms with Crippen molar-refractivity contribution in [1.29, 1.82) is 0 Å². The van der Waals surface area contributed by atoms with Crippen LogP contribution in [-0.2, 0) is 0 Å². The average molecular weight is 329 g/mol. The third-order valence-electron chi connectivity index (χ3n) is 3.00. The topological polar surface area (TPSA) is 80.0 Å². The molecule has 1 heterocycles. The molecule has 0 aliphatic rings. The minimum atomic E-state index is -0.355. The zero-order valence-electron chi connectivity index (χ0n) is 12.2. The van der Waals surface area contributed by atoms with Crippen molar-refractivity contribution in [2.75, 3.05) is 10.6 Å². The number of nitrogens with one attached hydrogen (secondary N) is 2. The van der Waals surface area contributed by atoms with E-state index in [9.17, 15) is 4.79 Å². The quantitative estimate of drug-likeness (QED) is 0.749. The largest absolute Gasteiger partial charge is 0.334 e. The molecule has 0 aliphatic carbocycles. The molecule has 0 fully saturated rings. The number of aromatic nitrogens is 2. The highest BCUT2D eigenvalue weighted by molar-refractivity contribution is 6.30. The summed E-state index contributed by atoms with van der Waals surface area (Å²) < 4.78 is 5.12. The number of anilines is 2. The molecule has 0 saturated carbocycles. The molecule has 0 radical (unpaired) electrons. The maximum atomic E-state index is 12.0. The molecule has 0 unspecified atom stereocenters. The van der Waals surface area contributed by atoms with E-state index in [1.54, 1.807) is 49.4 Å². The van der Waals surface area contributed by atoms with Crippen LogP contribution in [0.3, 0.4) is 0 Å². The predicted molar refractivity (Wildman–Crippen MR) is 88.6 cm³/mol. The van der Waals surface area contributed by atoms with Crippen LogP contribution >= 0.6 is 11.6 Å². The number of nitrogens with zero attached hydrogens (tertiary/aromatic N) is 2. The minimum Gasteiger partial charge on any atom is -0.334 e. The number of halogens is 1. The summed E-state index contributed by atoms with van der Waals surface area (Å²) in [5.74, 6) is 0.961. The Morgan fingerprint density at radius 1 is 1.09 bits per heavy atom. The maximum absolute atomic E-state index is 12.0. The number of hydrogen-bond acceptors (Lipinski definition) is 4. The van der Waals surface area contributed by atoms with E-state index in [0.717, 1.165) is 5.56 Å². The van der Waals surface area contributed by atoms with Crippen LogP contribution in [0.1, 0.15) is 5.82 Å². The fourth-order valence-corrected chi connectivity index (χ4v) is 2.10. The second-order valence-corrected chi connectivity index (χ2v) is 5.25. The van der Waals surface area contributed by atoms with Gasteiger partial charge in [0.15, 0.2) is 5.82 Å². The summed E-state index contributed by atoms with van der Waals surface area (Å²) >= 11 is 5.81. The molecule has 7 heteroatoms. The van der Waals surface area contributed by atoms with E-state index in [4.69, 9.17) is 16.1 Å². The molecule has 2 aromatic carbocycles. The van der Waals surface area contributed by atoms with Crippen LogP contribution in [0.4, 0.5) is 16.2 Å². The highest BCUT2D eigenvalue weighted by Crippen LogP contribution is 2.21. The highest BCUT2D eigenvalue weighted by Gasteiger charge is 2.08. The Morgan fingerprint density at radius 3 is 2.52 bits per heavy atom. The lowest BCUT2D eigenvalue weighted by Crippen LogP contribution is -2.19. The molecule has 0 aliphatic heterocycles. The van der Waals surface area contributed by atoms with Gasteiger partial charge < -0.3 is 15.2 Å². The summed E-state index contributed by atoms with van der Waals surface area (Å²) in [4.78, 5) is 16.2. The van der Waals surface area contributed by atoms with Crippen LogP contribution in [0.2, 0.25) is 5.02 Å². The average Bonchev–Trinajstić information content (AvgIpc) is 2.96. The van der Waals surface area contributed by atoms with Crippen LogP contribution in [0.15, 0.2) is 53.1 Å². The van der Waals surface area contributed by atoms with E-state index in [1.807, 2.05) is 6.07 Å². The van der Waals surface area contributed by atoms with Crippen molar-refractivity contribution in [3.8, 4) is 11.5 Å². The van der Waals surface area contributed by atoms with Crippen LogP contribution < -0.4 is 10.6 Å². The van der Waals surface area contributed by atoms with E-state index in [0.29, 0.717) is 28.1 Å². The molecule has 3 aromatic rings. The number of urea groups is 1. The normalized spacial score (nSPS) is 10.3. The van der Waals surface area contributed by atoms with Gasteiger partial charge in [-0.25, -0.2) is 4.79 Å². The van der Waals surface area contributed by atoms with Crippen molar-refractivity contribution in [2.24, 2.45) is 0 Å². The van der Waals surface area contributed by atoms with Gasteiger partial charge in [-0.3, -0.25) is 0 Å². The molecular weight excluding hydrogens is 316 g/mol. The van der Waals surface area contributed by atoms with E-state index in [-0.39, 0.29) is 6.03 Å². The van der Waals surface area contributed by atoms with E-state index >= 15 is 0 Å². The summed E-state index contributed by atoms with van der Waals surface area (Å²) in [7, 11) is 0. The van der Waals surface area contributed by atoms with Gasteiger partial charge in [0.25, 0.3) is 5.89 Å². The van der Waals surface area contributed by atoms with Crippen LogP contribution in [0.25, 0.3) is 11.5 Å². The predicted octanol–water partition coefficient (Wildman–Crippen LogP) is 4.34. The Morgan fingerprint density at radius 2 is 1.83 bits per heavy atom. The Hall–Kier alpha value is -2.86. The van der Waals surface area contributed by atoms with Gasteiger partial charge in [-0.2, -0.15) is 4.98 Å². The Kier molecular flexibility index (Phi) is 4.25. The van der Waals surface area contributed by atoms with E-state index in [1.165, 1.54) is 0 Å². The SMILES string of the molecule is Cc1noc(-c2cccc(NC(=O)Nc3ccc(Cl)cc3)c2)n1. The molecule has 2 N–H and O–H groups in total. The zero-order valence-corrected chi connectivity index (χ0v) is 13.0. The number of carbonyl (C=O) groups excluding carboxylic acids is 1. The Bertz CT molecular complexity index is 830. The van der Waals surface area contributed by atoms with Crippen LogP contribution in [0.5, 0.6) is 0 Å². The van der Waals surface area contributed by atoms with Gasteiger partial charge in [-0.05, 0) is 49.4 Å². The second-order valence-electron chi connectivity index (χ2n) is 4.81. The van der Waals surface area contributed by atoms with Gasteiger partial charge in [-0.15, -0.1) is 0 Å². The number of carbonyl (C=O) groups is 1. The molecule has 0 atom stereocenters. The summed E-state index contributed by atoms with van der Waals surface area (Å²) in [5.41, 5.74) is 2.00. The third-order valence-corrected chi connectivity index (χ3v) is 3.25. The van der Waals surface area contributed by atoms with E-state index in [2.05, 4.69) is 20.8 Å². The van der Waals surface area contributed by atoms with Gasteiger partial charge in [0, 0.05) is 22.0 Å². The Balaban J connectivity index is 1.70. The van der Waals surface area contributed by atoms with Crippen LogP contribution in [-0.4, -0.2) is 16.2 Å². The second kappa shape index (κ2) is 6.50. The monoisotopic (exact) mass is 328 g/mol. The molecule has 6 nitrogen and oxygen atoms in total. The zero-order chi connectivity index (χ0) is 16.2. The van der Waals surface area contributed by atoms with Crippen LogP contribution in [0, 0.1) is 6.92 Å². The van der Waals surface area contributed by atoms with Crippen molar-refractivity contribution < 1.29 is 9.32 Å². The molecular formula is C16H13ClN4O2. The molecule has 3 rings (SSSR count). The number of hydrogen-bond donors (Lipinski definition) is 2. The number of amides is 2. The first-order chi connectivity index (χ1) is 11.1.